The van der Waals surface area contributed by atoms with E-state index in [9.17, 15) is 13.2 Å². The maximum Gasteiger partial charge on any atom is 0.264 e. The van der Waals surface area contributed by atoms with E-state index in [1.807, 2.05) is 31.2 Å². The van der Waals surface area contributed by atoms with Crippen LogP contribution in [0.5, 0.6) is 5.75 Å². The summed E-state index contributed by atoms with van der Waals surface area (Å²) >= 11 is 2.21. The van der Waals surface area contributed by atoms with Crippen LogP contribution >= 0.6 is 22.6 Å². The fourth-order valence-electron chi connectivity index (χ4n) is 2.98. The Morgan fingerprint density at radius 1 is 1.00 bits per heavy atom. The smallest absolute Gasteiger partial charge is 0.264 e. The number of para-hydroxylation sites is 1. The first-order valence-corrected chi connectivity index (χ1v) is 12.7. The highest BCUT2D eigenvalue weighted by Crippen LogP contribution is 2.25. The maximum absolute atomic E-state index is 13.4. The molecule has 0 spiro atoms. The van der Waals surface area contributed by atoms with Gasteiger partial charge in [0.1, 0.15) is 12.3 Å². The molecule has 0 saturated heterocycles. The lowest BCUT2D eigenvalue weighted by Gasteiger charge is -2.23. The minimum atomic E-state index is -4.01. The topological polar surface area (TPSA) is 88.1 Å². The first-order valence-electron chi connectivity index (χ1n) is 10.2. The molecule has 0 aromatic heterocycles. The van der Waals surface area contributed by atoms with Gasteiger partial charge in [-0.25, -0.2) is 13.8 Å². The molecule has 7 nitrogen and oxygen atoms in total. The van der Waals surface area contributed by atoms with E-state index in [1.54, 1.807) is 49.4 Å². The van der Waals surface area contributed by atoms with E-state index >= 15 is 0 Å². The third kappa shape index (κ3) is 6.55. The van der Waals surface area contributed by atoms with Crippen molar-refractivity contribution in [2.45, 2.75) is 18.7 Å². The Labute approximate surface area is 207 Å². The van der Waals surface area contributed by atoms with Gasteiger partial charge in [-0.3, -0.25) is 9.10 Å². The average Bonchev–Trinajstić information content (AvgIpc) is 2.82. The fourth-order valence-corrected chi connectivity index (χ4v) is 4.76. The summed E-state index contributed by atoms with van der Waals surface area (Å²) in [5.74, 6) is 0.0130. The van der Waals surface area contributed by atoms with Gasteiger partial charge in [0.05, 0.1) is 22.9 Å². The predicted molar refractivity (Wildman–Crippen MR) is 138 cm³/mol. The number of amides is 1. The van der Waals surface area contributed by atoms with Crippen LogP contribution in [-0.4, -0.2) is 33.2 Å². The van der Waals surface area contributed by atoms with Crippen LogP contribution in [0.4, 0.5) is 5.69 Å². The van der Waals surface area contributed by atoms with E-state index in [0.717, 1.165) is 13.4 Å². The molecule has 0 atom stereocenters. The first-order chi connectivity index (χ1) is 15.8. The number of hydrogen-bond acceptors (Lipinski definition) is 5. The Morgan fingerprint density at radius 2 is 1.64 bits per heavy atom. The molecule has 0 fully saturated rings. The lowest BCUT2D eigenvalue weighted by Crippen LogP contribution is -2.39. The minimum absolute atomic E-state index is 0.0566. The summed E-state index contributed by atoms with van der Waals surface area (Å²) in [6, 6.07) is 22.3. The largest absolute Gasteiger partial charge is 0.494 e. The van der Waals surface area contributed by atoms with Crippen molar-refractivity contribution < 1.29 is 17.9 Å². The number of sulfonamides is 1. The molecule has 0 aliphatic rings. The van der Waals surface area contributed by atoms with Crippen LogP contribution < -0.4 is 14.5 Å². The third-order valence-corrected chi connectivity index (χ3v) is 7.17. The Kier molecular flexibility index (Phi) is 8.45. The molecule has 0 bridgehead atoms. The highest BCUT2D eigenvalue weighted by molar-refractivity contribution is 14.1. The highest BCUT2D eigenvalue weighted by Gasteiger charge is 2.27. The number of nitrogens with one attached hydrogen (secondary N) is 1. The van der Waals surface area contributed by atoms with Crippen LogP contribution in [0.1, 0.15) is 19.4 Å². The fraction of sp³-hybridized carbons (Fsp3) is 0.167. The third-order valence-electron chi connectivity index (χ3n) is 4.66. The van der Waals surface area contributed by atoms with Crippen LogP contribution in [0.2, 0.25) is 0 Å². The highest BCUT2D eigenvalue weighted by atomic mass is 127. The van der Waals surface area contributed by atoms with Crippen LogP contribution in [-0.2, 0) is 14.8 Å². The van der Waals surface area contributed by atoms with E-state index in [4.69, 9.17) is 4.74 Å². The average molecular weight is 577 g/mol. The molecule has 1 N–H and O–H groups in total. The zero-order chi connectivity index (χ0) is 23.8. The van der Waals surface area contributed by atoms with Gasteiger partial charge in [0, 0.05) is 3.57 Å². The molecule has 0 saturated carbocycles. The summed E-state index contributed by atoms with van der Waals surface area (Å²) in [5, 5.41) is 4.13. The minimum Gasteiger partial charge on any atom is -0.494 e. The first kappa shape index (κ1) is 24.7. The maximum atomic E-state index is 13.4. The summed E-state index contributed by atoms with van der Waals surface area (Å²) in [6.45, 7) is 3.67. The molecule has 172 valence electrons. The Balaban J connectivity index is 1.83. The van der Waals surface area contributed by atoms with Gasteiger partial charge in [-0.05, 0) is 90.5 Å². The van der Waals surface area contributed by atoms with Crippen molar-refractivity contribution in [3.8, 4) is 5.75 Å². The van der Waals surface area contributed by atoms with E-state index in [-0.39, 0.29) is 4.90 Å². The normalized spacial score (nSPS) is 11.7. The lowest BCUT2D eigenvalue weighted by atomic mass is 10.1. The predicted octanol–water partition coefficient (Wildman–Crippen LogP) is 4.43. The van der Waals surface area contributed by atoms with Crippen molar-refractivity contribution in [1.82, 2.24) is 5.43 Å². The Hall–Kier alpha value is -2.92. The summed E-state index contributed by atoms with van der Waals surface area (Å²) in [6.07, 6.45) is 0. The molecular weight excluding hydrogens is 553 g/mol. The van der Waals surface area contributed by atoms with Crippen LogP contribution in [0.25, 0.3) is 0 Å². The lowest BCUT2D eigenvalue weighted by molar-refractivity contribution is -0.119. The molecule has 3 rings (SSSR count). The van der Waals surface area contributed by atoms with Gasteiger partial charge in [0.2, 0.25) is 0 Å². The standard InChI is InChI=1S/C24H24IN3O4S/c1-3-32-22-13-15-23(16-14-22)33(30,31)28(21-7-5-4-6-8-21)17-24(29)27-26-18(2)19-9-11-20(25)12-10-19/h4-16H,3,17H2,1-2H3,(H,27,29)/b26-18-. The molecule has 33 heavy (non-hydrogen) atoms. The SMILES string of the molecule is CCOc1ccc(S(=O)(=O)N(CC(=O)N/N=C(/C)c2ccc(I)cc2)c2ccccc2)cc1. The molecule has 0 aliphatic carbocycles. The second kappa shape index (κ2) is 11.3. The van der Waals surface area contributed by atoms with Gasteiger partial charge in [0.15, 0.2) is 0 Å². The number of halogens is 1. The summed E-state index contributed by atoms with van der Waals surface area (Å²) in [5.41, 5.74) is 4.31. The van der Waals surface area contributed by atoms with E-state index in [2.05, 4.69) is 33.1 Å². The number of hydrazone groups is 1. The van der Waals surface area contributed by atoms with Gasteiger partial charge >= 0.3 is 0 Å². The number of benzene rings is 3. The quantitative estimate of drug-likeness (QED) is 0.232. The van der Waals surface area contributed by atoms with Gasteiger partial charge in [-0.15, -0.1) is 0 Å². The molecule has 0 heterocycles. The number of nitrogens with zero attached hydrogens (tertiary/aromatic N) is 2. The molecule has 3 aromatic carbocycles. The number of rotatable bonds is 9. The van der Waals surface area contributed by atoms with Crippen molar-refractivity contribution in [2.24, 2.45) is 5.10 Å². The van der Waals surface area contributed by atoms with Crippen molar-refractivity contribution in [1.29, 1.82) is 0 Å². The molecule has 1 amide bonds. The number of carbonyl (C=O) groups is 1. The molecular formula is C24H24IN3O4S. The van der Waals surface area contributed by atoms with Crippen LogP contribution in [0, 0.1) is 3.57 Å². The van der Waals surface area contributed by atoms with Crippen molar-refractivity contribution in [2.75, 3.05) is 17.5 Å². The van der Waals surface area contributed by atoms with Crippen LogP contribution in [0.3, 0.4) is 0 Å². The van der Waals surface area contributed by atoms with E-state index < -0.39 is 22.5 Å². The molecule has 9 heteroatoms. The van der Waals surface area contributed by atoms with Gasteiger partial charge in [0.25, 0.3) is 15.9 Å². The summed E-state index contributed by atoms with van der Waals surface area (Å²) < 4.78 is 34.3. The van der Waals surface area contributed by atoms with Gasteiger partial charge in [-0.2, -0.15) is 5.10 Å². The van der Waals surface area contributed by atoms with Crippen molar-refractivity contribution in [3.05, 3.63) is 88.0 Å². The van der Waals surface area contributed by atoms with Gasteiger partial charge in [-0.1, -0.05) is 30.3 Å². The van der Waals surface area contributed by atoms with Gasteiger partial charge < -0.3 is 4.74 Å². The molecule has 0 unspecified atom stereocenters. The molecule has 3 aromatic rings. The Morgan fingerprint density at radius 3 is 2.24 bits per heavy atom. The Bertz CT molecular complexity index is 1210. The second-order valence-electron chi connectivity index (χ2n) is 6.99. The second-order valence-corrected chi connectivity index (χ2v) is 10.1. The van der Waals surface area contributed by atoms with Crippen molar-refractivity contribution >= 4 is 49.9 Å². The van der Waals surface area contributed by atoms with Crippen molar-refractivity contribution in [3.63, 3.8) is 0 Å². The van der Waals surface area contributed by atoms with E-state index in [0.29, 0.717) is 23.8 Å². The summed E-state index contributed by atoms with van der Waals surface area (Å²) in [7, 11) is -4.01. The zero-order valence-electron chi connectivity index (χ0n) is 18.2. The number of ether oxygens (including phenoxy) is 1. The molecule has 0 aliphatic heterocycles. The monoisotopic (exact) mass is 577 g/mol. The van der Waals surface area contributed by atoms with E-state index in [1.165, 1.54) is 12.1 Å². The zero-order valence-corrected chi connectivity index (χ0v) is 21.2. The number of carbonyl (C=O) groups excluding carboxylic acids is 1. The summed E-state index contributed by atoms with van der Waals surface area (Å²) in [4.78, 5) is 12.7. The van der Waals surface area contributed by atoms with Crippen LogP contribution in [0.15, 0.2) is 88.9 Å². The molecule has 0 radical (unpaired) electrons. The number of anilines is 1. The number of hydrogen-bond donors (Lipinski definition) is 1.